The number of rotatable bonds is 5. The van der Waals surface area contributed by atoms with Crippen molar-refractivity contribution < 1.29 is 14.4 Å². The molecule has 1 atom stereocenters. The SMILES string of the molecule is O=C(CNC(=O)C1CCN(c2ccccn2)CC1)Nc1ccc2c(c1)CC1(C2)C(=O)Nc2ncccc21. The third-order valence-electron chi connectivity index (χ3n) is 7.73. The van der Waals surface area contributed by atoms with Crippen LogP contribution in [0, 0.1) is 5.92 Å². The summed E-state index contributed by atoms with van der Waals surface area (Å²) in [5.74, 6) is 1.05. The van der Waals surface area contributed by atoms with Crippen molar-refractivity contribution in [2.24, 2.45) is 5.92 Å². The van der Waals surface area contributed by atoms with Crippen molar-refractivity contribution in [1.29, 1.82) is 0 Å². The Hall–Kier alpha value is -4.27. The fourth-order valence-electron chi connectivity index (χ4n) is 5.77. The molecule has 4 heterocycles. The van der Waals surface area contributed by atoms with Crippen LogP contribution in [0.15, 0.2) is 60.9 Å². The van der Waals surface area contributed by atoms with Crippen LogP contribution in [0.3, 0.4) is 0 Å². The smallest absolute Gasteiger partial charge is 0.243 e. The Balaban J connectivity index is 1.02. The predicted molar refractivity (Wildman–Crippen MR) is 139 cm³/mol. The molecule has 9 nitrogen and oxygen atoms in total. The van der Waals surface area contributed by atoms with Gasteiger partial charge in [-0.3, -0.25) is 14.4 Å². The van der Waals surface area contributed by atoms with E-state index in [2.05, 4.69) is 30.8 Å². The molecule has 3 aromatic rings. The third-order valence-corrected chi connectivity index (χ3v) is 7.73. The summed E-state index contributed by atoms with van der Waals surface area (Å²) in [5.41, 5.74) is 3.07. The monoisotopic (exact) mass is 496 g/mol. The highest BCUT2D eigenvalue weighted by Gasteiger charge is 2.51. The lowest BCUT2D eigenvalue weighted by molar-refractivity contribution is -0.127. The molecule has 9 heteroatoms. The molecule has 1 saturated heterocycles. The molecule has 37 heavy (non-hydrogen) atoms. The molecular weight excluding hydrogens is 468 g/mol. The van der Waals surface area contributed by atoms with E-state index in [1.807, 2.05) is 48.5 Å². The third kappa shape index (κ3) is 4.30. The maximum absolute atomic E-state index is 12.9. The molecule has 0 bridgehead atoms. The second kappa shape index (κ2) is 9.31. The molecule has 1 spiro atoms. The molecule has 2 aliphatic heterocycles. The van der Waals surface area contributed by atoms with Gasteiger partial charge in [0.1, 0.15) is 11.6 Å². The minimum atomic E-state index is -0.644. The first kappa shape index (κ1) is 23.1. The maximum Gasteiger partial charge on any atom is 0.243 e. The Morgan fingerprint density at radius 2 is 1.81 bits per heavy atom. The topological polar surface area (TPSA) is 116 Å². The average molecular weight is 497 g/mol. The second-order valence-corrected chi connectivity index (χ2v) is 9.99. The minimum Gasteiger partial charge on any atom is -0.357 e. The van der Waals surface area contributed by atoms with Gasteiger partial charge >= 0.3 is 0 Å². The summed E-state index contributed by atoms with van der Waals surface area (Å²) in [4.78, 5) is 49.0. The molecule has 1 aromatic carbocycles. The zero-order chi connectivity index (χ0) is 25.4. The number of pyridine rings is 2. The van der Waals surface area contributed by atoms with Crippen LogP contribution in [0.2, 0.25) is 0 Å². The Kier molecular flexibility index (Phi) is 5.82. The average Bonchev–Trinajstić information content (AvgIpc) is 3.44. The summed E-state index contributed by atoms with van der Waals surface area (Å²) in [7, 11) is 0. The Labute approximate surface area is 214 Å². The lowest BCUT2D eigenvalue weighted by Gasteiger charge is -2.32. The number of piperidine rings is 1. The van der Waals surface area contributed by atoms with Crippen LogP contribution in [0.1, 0.15) is 29.5 Å². The lowest BCUT2D eigenvalue weighted by Crippen LogP contribution is -2.42. The first-order valence-electron chi connectivity index (χ1n) is 12.6. The van der Waals surface area contributed by atoms with Gasteiger partial charge in [0.2, 0.25) is 17.7 Å². The highest BCUT2D eigenvalue weighted by molar-refractivity contribution is 6.06. The molecule has 2 aromatic heterocycles. The standard InChI is InChI=1S/C28H28N6O3/c35-24(17-31-26(36)18-8-12-34(13-9-18)23-5-1-2-10-29-23)32-21-7-6-19-15-28(16-20(19)14-21)22-4-3-11-30-25(22)33-27(28)37/h1-7,10-11,14,18H,8-9,12-13,15-17H2,(H,31,36)(H,32,35)(H,30,33,37). The van der Waals surface area contributed by atoms with Gasteiger partial charge in [0.25, 0.3) is 0 Å². The first-order chi connectivity index (χ1) is 18.0. The molecule has 0 radical (unpaired) electrons. The highest BCUT2D eigenvalue weighted by atomic mass is 16.2. The molecule has 3 amide bonds. The zero-order valence-corrected chi connectivity index (χ0v) is 20.4. The lowest BCUT2D eigenvalue weighted by atomic mass is 9.79. The van der Waals surface area contributed by atoms with Crippen LogP contribution in [0.4, 0.5) is 17.3 Å². The number of fused-ring (bicyclic) bond motifs is 3. The van der Waals surface area contributed by atoms with Crippen molar-refractivity contribution in [1.82, 2.24) is 15.3 Å². The van der Waals surface area contributed by atoms with Crippen molar-refractivity contribution in [2.75, 3.05) is 35.2 Å². The number of anilines is 3. The summed E-state index contributed by atoms with van der Waals surface area (Å²) < 4.78 is 0. The van der Waals surface area contributed by atoms with Crippen LogP contribution in [-0.4, -0.2) is 47.3 Å². The van der Waals surface area contributed by atoms with Crippen molar-refractivity contribution in [3.63, 3.8) is 0 Å². The summed E-state index contributed by atoms with van der Waals surface area (Å²) in [5, 5.41) is 8.59. The van der Waals surface area contributed by atoms with Crippen LogP contribution < -0.4 is 20.9 Å². The Morgan fingerprint density at radius 1 is 1.00 bits per heavy atom. The van der Waals surface area contributed by atoms with E-state index in [0.29, 0.717) is 24.3 Å². The van der Waals surface area contributed by atoms with Gasteiger partial charge in [-0.2, -0.15) is 0 Å². The summed E-state index contributed by atoms with van der Waals surface area (Å²) in [6.07, 6.45) is 6.07. The number of benzene rings is 1. The minimum absolute atomic E-state index is 0.0310. The Bertz CT molecular complexity index is 1370. The molecule has 1 unspecified atom stereocenters. The van der Waals surface area contributed by atoms with E-state index >= 15 is 0 Å². The van der Waals surface area contributed by atoms with Crippen molar-refractivity contribution >= 4 is 35.0 Å². The highest BCUT2D eigenvalue weighted by Crippen LogP contribution is 2.46. The number of hydrogen-bond donors (Lipinski definition) is 3. The molecule has 3 N–H and O–H groups in total. The van der Waals surface area contributed by atoms with Crippen LogP contribution in [0.5, 0.6) is 0 Å². The normalized spacial score (nSPS) is 20.3. The van der Waals surface area contributed by atoms with Gasteiger partial charge in [-0.25, -0.2) is 9.97 Å². The van der Waals surface area contributed by atoms with Crippen molar-refractivity contribution in [3.8, 4) is 0 Å². The van der Waals surface area contributed by atoms with Crippen molar-refractivity contribution in [3.05, 3.63) is 77.6 Å². The van der Waals surface area contributed by atoms with Gasteiger partial charge in [-0.15, -0.1) is 0 Å². The molecule has 1 fully saturated rings. The number of nitrogens with one attached hydrogen (secondary N) is 3. The molecule has 0 saturated carbocycles. The quantitative estimate of drug-likeness (QED) is 0.500. The Morgan fingerprint density at radius 3 is 2.62 bits per heavy atom. The number of amides is 3. The van der Waals surface area contributed by atoms with Gasteiger partial charge in [-0.1, -0.05) is 18.2 Å². The van der Waals surface area contributed by atoms with Gasteiger partial charge in [-0.05, 0) is 67.1 Å². The second-order valence-electron chi connectivity index (χ2n) is 9.99. The van der Waals surface area contributed by atoms with E-state index in [4.69, 9.17) is 0 Å². The predicted octanol–water partition coefficient (Wildman–Crippen LogP) is 2.44. The number of hydrogen-bond acceptors (Lipinski definition) is 6. The molecule has 1 aliphatic carbocycles. The van der Waals surface area contributed by atoms with E-state index in [-0.39, 0.29) is 30.2 Å². The first-order valence-corrected chi connectivity index (χ1v) is 12.6. The van der Waals surface area contributed by atoms with Crippen molar-refractivity contribution in [2.45, 2.75) is 31.1 Å². The van der Waals surface area contributed by atoms with Gasteiger partial charge < -0.3 is 20.9 Å². The maximum atomic E-state index is 12.9. The fourth-order valence-corrected chi connectivity index (χ4v) is 5.77. The van der Waals surface area contributed by atoms with Gasteiger partial charge in [0.05, 0.1) is 12.0 Å². The fraction of sp³-hybridized carbons (Fsp3) is 0.321. The molecule has 6 rings (SSSR count). The van der Waals surface area contributed by atoms with Crippen LogP contribution >= 0.6 is 0 Å². The summed E-state index contributed by atoms with van der Waals surface area (Å²) in [6.45, 7) is 1.44. The van der Waals surface area contributed by atoms with Crippen LogP contribution in [0.25, 0.3) is 0 Å². The van der Waals surface area contributed by atoms with E-state index in [0.717, 1.165) is 48.4 Å². The van der Waals surface area contributed by atoms with E-state index in [1.54, 1.807) is 12.4 Å². The van der Waals surface area contributed by atoms with E-state index in [9.17, 15) is 14.4 Å². The molecular formula is C28H28N6O3. The summed E-state index contributed by atoms with van der Waals surface area (Å²) in [6, 6.07) is 15.4. The zero-order valence-electron chi connectivity index (χ0n) is 20.4. The van der Waals surface area contributed by atoms with E-state index < -0.39 is 5.41 Å². The number of carbonyl (C=O) groups excluding carboxylic acids is 3. The number of carbonyl (C=O) groups is 3. The largest absolute Gasteiger partial charge is 0.357 e. The van der Waals surface area contributed by atoms with Gasteiger partial charge in [0, 0.05) is 42.7 Å². The molecule has 188 valence electrons. The van der Waals surface area contributed by atoms with Gasteiger partial charge in [0.15, 0.2) is 0 Å². The van der Waals surface area contributed by atoms with Crippen LogP contribution in [-0.2, 0) is 32.6 Å². The number of aromatic nitrogens is 2. The number of nitrogens with zero attached hydrogens (tertiary/aromatic N) is 3. The molecule has 3 aliphatic rings. The summed E-state index contributed by atoms with van der Waals surface area (Å²) >= 11 is 0. The van der Waals surface area contributed by atoms with E-state index in [1.165, 1.54) is 0 Å².